The standard InChI is InChI=1S/C20H18FN3OS/c1-2-12-24-19(25)18(13-15-8-10-17(21)11-9-15)26-20(24)23-22-14-16-6-4-3-5-7-16/h2-11,14,18H,1,12-13H2/b22-14-,23-20+/t18-/m1/s1. The van der Waals surface area contributed by atoms with Crippen molar-refractivity contribution in [1.29, 1.82) is 0 Å². The first kappa shape index (κ1) is 18.1. The molecule has 1 amide bonds. The number of thioether (sulfide) groups is 1. The summed E-state index contributed by atoms with van der Waals surface area (Å²) < 4.78 is 13.1. The van der Waals surface area contributed by atoms with E-state index in [2.05, 4.69) is 16.8 Å². The van der Waals surface area contributed by atoms with Crippen LogP contribution in [-0.4, -0.2) is 34.0 Å². The third-order valence-corrected chi connectivity index (χ3v) is 4.98. The molecule has 0 unspecified atom stereocenters. The molecule has 0 radical (unpaired) electrons. The van der Waals surface area contributed by atoms with Gasteiger partial charge in [0, 0.05) is 6.54 Å². The van der Waals surface area contributed by atoms with Crippen LogP contribution in [0, 0.1) is 5.82 Å². The maximum absolute atomic E-state index is 13.1. The zero-order valence-corrected chi connectivity index (χ0v) is 14.9. The average Bonchev–Trinajstić information content (AvgIpc) is 2.94. The van der Waals surface area contributed by atoms with Gasteiger partial charge in [-0.15, -0.1) is 11.7 Å². The van der Waals surface area contributed by atoms with Crippen molar-refractivity contribution in [1.82, 2.24) is 4.90 Å². The quantitative estimate of drug-likeness (QED) is 0.442. The van der Waals surface area contributed by atoms with E-state index in [1.807, 2.05) is 30.3 Å². The predicted octanol–water partition coefficient (Wildman–Crippen LogP) is 3.89. The second-order valence-electron chi connectivity index (χ2n) is 5.71. The highest BCUT2D eigenvalue weighted by molar-refractivity contribution is 8.15. The summed E-state index contributed by atoms with van der Waals surface area (Å²) in [6.07, 6.45) is 3.82. The first-order chi connectivity index (χ1) is 12.7. The Morgan fingerprint density at radius 3 is 2.58 bits per heavy atom. The summed E-state index contributed by atoms with van der Waals surface area (Å²) in [5, 5.41) is 8.58. The number of nitrogens with zero attached hydrogens (tertiary/aromatic N) is 3. The van der Waals surface area contributed by atoms with Crippen molar-refractivity contribution in [3.8, 4) is 0 Å². The molecular weight excluding hydrogens is 349 g/mol. The molecule has 1 aliphatic heterocycles. The van der Waals surface area contributed by atoms with Crippen molar-refractivity contribution in [3.05, 3.63) is 84.2 Å². The third-order valence-electron chi connectivity index (χ3n) is 3.82. The predicted molar refractivity (Wildman–Crippen MR) is 105 cm³/mol. The van der Waals surface area contributed by atoms with E-state index in [1.165, 1.54) is 23.9 Å². The lowest BCUT2D eigenvalue weighted by atomic mass is 10.1. The Balaban J connectivity index is 1.75. The number of amidine groups is 1. The fourth-order valence-corrected chi connectivity index (χ4v) is 3.68. The van der Waals surface area contributed by atoms with Gasteiger partial charge < -0.3 is 0 Å². The molecule has 1 aliphatic rings. The number of hydrogen-bond acceptors (Lipinski definition) is 4. The van der Waals surface area contributed by atoms with E-state index >= 15 is 0 Å². The summed E-state index contributed by atoms with van der Waals surface area (Å²) in [6, 6.07) is 15.8. The van der Waals surface area contributed by atoms with Crippen molar-refractivity contribution in [2.45, 2.75) is 11.7 Å². The van der Waals surface area contributed by atoms with Gasteiger partial charge >= 0.3 is 0 Å². The third kappa shape index (κ3) is 4.46. The van der Waals surface area contributed by atoms with Gasteiger partial charge in [-0.3, -0.25) is 9.69 Å². The molecule has 0 spiro atoms. The lowest BCUT2D eigenvalue weighted by Crippen LogP contribution is -2.32. The van der Waals surface area contributed by atoms with Gasteiger partial charge in [-0.2, -0.15) is 5.10 Å². The van der Waals surface area contributed by atoms with E-state index < -0.39 is 0 Å². The number of amides is 1. The summed E-state index contributed by atoms with van der Waals surface area (Å²) in [7, 11) is 0. The molecule has 0 bridgehead atoms. The summed E-state index contributed by atoms with van der Waals surface area (Å²) in [6.45, 7) is 4.08. The smallest absolute Gasteiger partial charge is 0.242 e. The molecule has 0 saturated carbocycles. The number of halogens is 1. The van der Waals surface area contributed by atoms with Crippen LogP contribution in [-0.2, 0) is 11.2 Å². The Hall–Kier alpha value is -2.73. The fourth-order valence-electron chi connectivity index (χ4n) is 2.53. The zero-order valence-electron chi connectivity index (χ0n) is 14.1. The van der Waals surface area contributed by atoms with Gasteiger partial charge in [-0.1, -0.05) is 60.3 Å². The number of benzene rings is 2. The molecule has 1 fully saturated rings. The normalized spacial score (nSPS) is 18.8. The first-order valence-corrected chi connectivity index (χ1v) is 9.05. The largest absolute Gasteiger partial charge is 0.285 e. The second kappa shape index (κ2) is 8.58. The van der Waals surface area contributed by atoms with E-state index in [-0.39, 0.29) is 17.0 Å². The van der Waals surface area contributed by atoms with Gasteiger partial charge in [0.15, 0.2) is 5.17 Å². The lowest BCUT2D eigenvalue weighted by molar-refractivity contribution is -0.125. The van der Waals surface area contributed by atoms with E-state index in [0.29, 0.717) is 18.1 Å². The number of carbonyl (C=O) groups is 1. The van der Waals surface area contributed by atoms with E-state index in [0.717, 1.165) is 11.1 Å². The van der Waals surface area contributed by atoms with E-state index in [4.69, 9.17) is 0 Å². The van der Waals surface area contributed by atoms with Gasteiger partial charge in [0.1, 0.15) is 5.82 Å². The molecule has 1 atom stereocenters. The van der Waals surface area contributed by atoms with Crippen LogP contribution in [0.15, 0.2) is 77.5 Å². The maximum Gasteiger partial charge on any atom is 0.242 e. The molecule has 2 aromatic carbocycles. The van der Waals surface area contributed by atoms with Gasteiger partial charge in [-0.05, 0) is 29.7 Å². The highest BCUT2D eigenvalue weighted by atomic mass is 32.2. The Labute approximate surface area is 156 Å². The van der Waals surface area contributed by atoms with Gasteiger partial charge in [0.05, 0.1) is 11.5 Å². The van der Waals surface area contributed by atoms with Crippen LogP contribution in [0.4, 0.5) is 4.39 Å². The van der Waals surface area contributed by atoms with Crippen molar-refractivity contribution in [2.24, 2.45) is 10.2 Å². The van der Waals surface area contributed by atoms with E-state index in [9.17, 15) is 9.18 Å². The molecule has 3 rings (SSSR count). The summed E-state index contributed by atoms with van der Waals surface area (Å²) in [5.41, 5.74) is 1.84. The SMILES string of the molecule is C=CCN1C(=O)[C@@H](Cc2ccc(F)cc2)S/C1=N/N=C\c1ccccc1. The molecule has 132 valence electrons. The minimum Gasteiger partial charge on any atom is -0.285 e. The molecule has 1 heterocycles. The Bertz CT molecular complexity index is 834. The molecule has 1 saturated heterocycles. The Morgan fingerprint density at radius 2 is 1.88 bits per heavy atom. The highest BCUT2D eigenvalue weighted by Gasteiger charge is 2.37. The van der Waals surface area contributed by atoms with Crippen LogP contribution >= 0.6 is 11.8 Å². The van der Waals surface area contributed by atoms with Crippen LogP contribution in [0.5, 0.6) is 0 Å². The topological polar surface area (TPSA) is 45.0 Å². The van der Waals surface area contributed by atoms with Gasteiger partial charge in [-0.25, -0.2) is 4.39 Å². The molecule has 6 heteroatoms. The molecule has 4 nitrogen and oxygen atoms in total. The number of rotatable bonds is 6. The van der Waals surface area contributed by atoms with Crippen molar-refractivity contribution in [3.63, 3.8) is 0 Å². The molecular formula is C20H18FN3OS. The number of carbonyl (C=O) groups excluding carboxylic acids is 1. The van der Waals surface area contributed by atoms with Crippen LogP contribution in [0.3, 0.4) is 0 Å². The minimum atomic E-state index is -0.300. The summed E-state index contributed by atoms with van der Waals surface area (Å²) in [5.74, 6) is -0.321. The maximum atomic E-state index is 13.1. The van der Waals surface area contributed by atoms with Crippen LogP contribution in [0.2, 0.25) is 0 Å². The molecule has 0 aromatic heterocycles. The molecule has 26 heavy (non-hydrogen) atoms. The molecule has 0 aliphatic carbocycles. The van der Waals surface area contributed by atoms with Gasteiger partial charge in [0.2, 0.25) is 5.91 Å². The van der Waals surface area contributed by atoms with Gasteiger partial charge in [0.25, 0.3) is 0 Å². The van der Waals surface area contributed by atoms with Crippen LogP contribution in [0.1, 0.15) is 11.1 Å². The number of hydrogen-bond donors (Lipinski definition) is 0. The van der Waals surface area contributed by atoms with Crippen molar-refractivity contribution in [2.75, 3.05) is 6.54 Å². The summed E-state index contributed by atoms with van der Waals surface area (Å²) in [4.78, 5) is 14.2. The Kier molecular flexibility index (Phi) is 5.96. The second-order valence-corrected chi connectivity index (χ2v) is 6.88. The van der Waals surface area contributed by atoms with Crippen LogP contribution < -0.4 is 0 Å². The summed E-state index contributed by atoms with van der Waals surface area (Å²) >= 11 is 1.37. The van der Waals surface area contributed by atoms with E-state index in [1.54, 1.807) is 29.3 Å². The average molecular weight is 367 g/mol. The van der Waals surface area contributed by atoms with Crippen molar-refractivity contribution >= 4 is 29.1 Å². The van der Waals surface area contributed by atoms with Crippen LogP contribution in [0.25, 0.3) is 0 Å². The molecule has 0 N–H and O–H groups in total. The minimum absolute atomic E-state index is 0.0344. The highest BCUT2D eigenvalue weighted by Crippen LogP contribution is 2.30. The lowest BCUT2D eigenvalue weighted by Gasteiger charge is -2.12. The first-order valence-electron chi connectivity index (χ1n) is 8.17. The monoisotopic (exact) mass is 367 g/mol. The zero-order chi connectivity index (χ0) is 18.4. The Morgan fingerprint density at radius 1 is 1.15 bits per heavy atom. The van der Waals surface area contributed by atoms with Crippen molar-refractivity contribution < 1.29 is 9.18 Å². The molecule has 2 aromatic rings. The fraction of sp³-hybridized carbons (Fsp3) is 0.150.